The molecule has 0 aromatic heterocycles. The number of nitrogens with one attached hydrogen (secondary N) is 1. The lowest BCUT2D eigenvalue weighted by Gasteiger charge is -2.12. The molecule has 20 heavy (non-hydrogen) atoms. The lowest BCUT2D eigenvalue weighted by atomic mass is 10.0. The molecule has 0 unspecified atom stereocenters. The zero-order valence-electron chi connectivity index (χ0n) is 12.2. The zero-order valence-corrected chi connectivity index (χ0v) is 12.2. The maximum atomic E-state index is 12.0. The van der Waals surface area contributed by atoms with Crippen LogP contribution in [-0.4, -0.2) is 49.8 Å². The summed E-state index contributed by atoms with van der Waals surface area (Å²) < 4.78 is 0. The average Bonchev–Trinajstić information content (AvgIpc) is 2.88. The molecule has 1 amide bonds. The van der Waals surface area contributed by atoms with Gasteiger partial charge in [0.15, 0.2) is 0 Å². The van der Waals surface area contributed by atoms with Crippen LogP contribution in [0, 0.1) is 6.92 Å². The molecule has 0 fully saturated rings. The summed E-state index contributed by atoms with van der Waals surface area (Å²) in [6.07, 6.45) is 0.0188. The lowest BCUT2D eigenvalue weighted by molar-refractivity contribution is -0.131. The summed E-state index contributed by atoms with van der Waals surface area (Å²) in [5.74, 6) is -0.0980. The van der Waals surface area contributed by atoms with Gasteiger partial charge in [0.2, 0.25) is 6.10 Å². The van der Waals surface area contributed by atoms with E-state index in [2.05, 4.69) is 10.5 Å². The summed E-state index contributed by atoms with van der Waals surface area (Å²) in [6, 6.07) is 7.99. The molecule has 2 rings (SSSR count). The van der Waals surface area contributed by atoms with Gasteiger partial charge >= 0.3 is 0 Å². The van der Waals surface area contributed by atoms with E-state index in [9.17, 15) is 4.79 Å². The fraction of sp³-hybridized carbons (Fsp3) is 0.467. The van der Waals surface area contributed by atoms with Crippen molar-refractivity contribution in [2.75, 3.05) is 27.2 Å². The number of oxime groups is 1. The second-order valence-corrected chi connectivity index (χ2v) is 5.25. The number of carbonyl (C=O) groups is 1. The van der Waals surface area contributed by atoms with Gasteiger partial charge in [-0.2, -0.15) is 0 Å². The first-order valence-corrected chi connectivity index (χ1v) is 6.79. The third-order valence-corrected chi connectivity index (χ3v) is 3.28. The van der Waals surface area contributed by atoms with Gasteiger partial charge < -0.3 is 15.1 Å². The molecule has 1 aromatic carbocycles. The summed E-state index contributed by atoms with van der Waals surface area (Å²) in [5.41, 5.74) is 3.04. The number of hydrogen-bond donors (Lipinski definition) is 1. The molecule has 0 saturated heterocycles. The van der Waals surface area contributed by atoms with Crippen molar-refractivity contribution in [3.63, 3.8) is 0 Å². The topological polar surface area (TPSA) is 53.9 Å². The summed E-state index contributed by atoms with van der Waals surface area (Å²) in [5, 5.41) is 6.92. The minimum Gasteiger partial charge on any atom is -0.382 e. The molecule has 108 valence electrons. The number of carbonyl (C=O) groups excluding carboxylic acids is 1. The van der Waals surface area contributed by atoms with Crippen LogP contribution in [0.25, 0.3) is 0 Å². The Hall–Kier alpha value is -1.88. The number of rotatable bonds is 5. The summed E-state index contributed by atoms with van der Waals surface area (Å²) in [7, 11) is 3.94. The van der Waals surface area contributed by atoms with Crippen molar-refractivity contribution in [1.29, 1.82) is 0 Å². The van der Waals surface area contributed by atoms with Gasteiger partial charge in [-0.1, -0.05) is 29.4 Å². The first kappa shape index (κ1) is 14.5. The summed E-state index contributed by atoms with van der Waals surface area (Å²) >= 11 is 0. The van der Waals surface area contributed by atoms with Gasteiger partial charge in [0, 0.05) is 25.1 Å². The van der Waals surface area contributed by atoms with Crippen molar-refractivity contribution in [2.24, 2.45) is 5.16 Å². The highest BCUT2D eigenvalue weighted by molar-refractivity contribution is 6.04. The second-order valence-electron chi connectivity index (χ2n) is 5.25. The Morgan fingerprint density at radius 3 is 2.90 bits per heavy atom. The van der Waals surface area contributed by atoms with Crippen molar-refractivity contribution >= 4 is 11.6 Å². The van der Waals surface area contributed by atoms with Gasteiger partial charge in [0.25, 0.3) is 5.91 Å². The van der Waals surface area contributed by atoms with Crippen molar-refractivity contribution < 1.29 is 9.63 Å². The fourth-order valence-corrected chi connectivity index (χ4v) is 2.09. The Labute approximate surface area is 119 Å². The minimum atomic E-state index is -0.508. The lowest BCUT2D eigenvalue weighted by Crippen LogP contribution is -2.38. The van der Waals surface area contributed by atoms with Crippen LogP contribution in [0.2, 0.25) is 0 Å². The summed E-state index contributed by atoms with van der Waals surface area (Å²) in [4.78, 5) is 19.2. The van der Waals surface area contributed by atoms with Crippen LogP contribution >= 0.6 is 0 Å². The second kappa shape index (κ2) is 6.52. The molecule has 1 atom stereocenters. The van der Waals surface area contributed by atoms with E-state index in [1.54, 1.807) is 0 Å². The molecular weight excluding hydrogens is 254 g/mol. The van der Waals surface area contributed by atoms with Gasteiger partial charge in [0.05, 0.1) is 5.71 Å². The van der Waals surface area contributed by atoms with Crippen molar-refractivity contribution in [3.05, 3.63) is 35.4 Å². The summed E-state index contributed by atoms with van der Waals surface area (Å²) in [6.45, 7) is 3.46. The van der Waals surface area contributed by atoms with Gasteiger partial charge in [-0.15, -0.1) is 0 Å². The number of hydrogen-bond acceptors (Lipinski definition) is 4. The smallest absolute Gasteiger partial charge is 0.264 e. The minimum absolute atomic E-state index is 0.0980. The van der Waals surface area contributed by atoms with E-state index in [0.717, 1.165) is 23.4 Å². The third kappa shape index (κ3) is 3.57. The van der Waals surface area contributed by atoms with E-state index in [4.69, 9.17) is 4.84 Å². The molecule has 1 aliphatic rings. The highest BCUT2D eigenvalue weighted by Crippen LogP contribution is 2.19. The standard InChI is InChI=1S/C15H21N3O2/c1-11-6-4-5-7-12(11)13-10-14(20-17-13)15(19)16-8-9-18(2)3/h4-7,14H,8-10H2,1-3H3,(H,16,19)/t14-/m0/s1. The Bertz CT molecular complexity index is 512. The monoisotopic (exact) mass is 275 g/mol. The molecule has 0 spiro atoms. The van der Waals surface area contributed by atoms with Crippen molar-refractivity contribution in [3.8, 4) is 0 Å². The Kier molecular flexibility index (Phi) is 4.74. The molecular formula is C15H21N3O2. The van der Waals surface area contributed by atoms with Crippen LogP contribution in [0.1, 0.15) is 17.5 Å². The first-order valence-electron chi connectivity index (χ1n) is 6.79. The molecule has 0 bridgehead atoms. The van der Waals surface area contributed by atoms with Crippen molar-refractivity contribution in [2.45, 2.75) is 19.4 Å². The van der Waals surface area contributed by atoms with Gasteiger partial charge in [-0.3, -0.25) is 4.79 Å². The first-order chi connectivity index (χ1) is 9.58. The van der Waals surface area contributed by atoms with E-state index in [1.165, 1.54) is 0 Å². The number of likely N-dealkylation sites (N-methyl/N-ethyl adjacent to an activating group) is 1. The normalized spacial score (nSPS) is 17.8. The molecule has 0 aliphatic carbocycles. The van der Waals surface area contributed by atoms with E-state index in [1.807, 2.05) is 50.2 Å². The Morgan fingerprint density at radius 1 is 1.45 bits per heavy atom. The fourth-order valence-electron chi connectivity index (χ4n) is 2.09. The van der Waals surface area contributed by atoms with E-state index in [-0.39, 0.29) is 5.91 Å². The zero-order chi connectivity index (χ0) is 14.5. The number of amides is 1. The largest absolute Gasteiger partial charge is 0.382 e. The highest BCUT2D eigenvalue weighted by atomic mass is 16.6. The predicted molar refractivity (Wildman–Crippen MR) is 78.8 cm³/mol. The van der Waals surface area contributed by atoms with E-state index in [0.29, 0.717) is 13.0 Å². The molecule has 0 radical (unpaired) electrons. The molecule has 1 aromatic rings. The number of benzene rings is 1. The Balaban J connectivity index is 1.88. The number of aryl methyl sites for hydroxylation is 1. The van der Waals surface area contributed by atoms with Crippen LogP contribution in [0.4, 0.5) is 0 Å². The molecule has 1 aliphatic heterocycles. The van der Waals surface area contributed by atoms with Crippen LogP contribution in [0.3, 0.4) is 0 Å². The van der Waals surface area contributed by atoms with Crippen LogP contribution < -0.4 is 5.32 Å². The molecule has 0 saturated carbocycles. The quantitative estimate of drug-likeness (QED) is 0.877. The Morgan fingerprint density at radius 2 is 2.20 bits per heavy atom. The molecule has 1 N–H and O–H groups in total. The van der Waals surface area contributed by atoms with Crippen LogP contribution in [-0.2, 0) is 9.63 Å². The van der Waals surface area contributed by atoms with E-state index < -0.39 is 6.10 Å². The highest BCUT2D eigenvalue weighted by Gasteiger charge is 2.28. The van der Waals surface area contributed by atoms with E-state index >= 15 is 0 Å². The van der Waals surface area contributed by atoms with Crippen LogP contribution in [0.15, 0.2) is 29.4 Å². The molecule has 5 nitrogen and oxygen atoms in total. The van der Waals surface area contributed by atoms with Gasteiger partial charge in [-0.05, 0) is 26.6 Å². The predicted octanol–water partition coefficient (Wildman–Crippen LogP) is 1.17. The van der Waals surface area contributed by atoms with Crippen molar-refractivity contribution in [1.82, 2.24) is 10.2 Å². The average molecular weight is 275 g/mol. The SMILES string of the molecule is Cc1ccccc1C1=NO[C@H](C(=O)NCCN(C)C)C1. The molecule has 1 heterocycles. The third-order valence-electron chi connectivity index (χ3n) is 3.28. The maximum Gasteiger partial charge on any atom is 0.264 e. The molecule has 5 heteroatoms. The number of nitrogens with zero attached hydrogens (tertiary/aromatic N) is 2. The van der Waals surface area contributed by atoms with Crippen LogP contribution in [0.5, 0.6) is 0 Å². The van der Waals surface area contributed by atoms with Gasteiger partial charge in [0.1, 0.15) is 0 Å². The van der Waals surface area contributed by atoms with Gasteiger partial charge in [-0.25, -0.2) is 0 Å². The maximum absolute atomic E-state index is 12.0.